The molecule has 0 aliphatic rings. The topological polar surface area (TPSA) is 44.4 Å². The Bertz CT molecular complexity index is 410. The Morgan fingerprint density at radius 3 is 2.45 bits per heavy atom. The van der Waals surface area contributed by atoms with Crippen molar-refractivity contribution in [1.82, 2.24) is 5.32 Å². The van der Waals surface area contributed by atoms with E-state index >= 15 is 0 Å². The average Bonchev–Trinajstić information content (AvgIpc) is 2.47. The second kappa shape index (κ2) is 9.15. The maximum absolute atomic E-state index is 11.7. The Morgan fingerprint density at radius 1 is 1.25 bits per heavy atom. The monoisotopic (exact) mass is 275 g/mol. The summed E-state index contributed by atoms with van der Waals surface area (Å²) in [4.78, 5) is 14.0. The summed E-state index contributed by atoms with van der Waals surface area (Å²) in [5, 5.41) is 6.00. The van der Waals surface area contributed by atoms with E-state index in [0.717, 1.165) is 25.3 Å². The van der Waals surface area contributed by atoms with Crippen molar-refractivity contribution >= 4 is 17.3 Å². The number of benzene rings is 1. The first kappa shape index (κ1) is 16.2. The summed E-state index contributed by atoms with van der Waals surface area (Å²) in [6.45, 7) is 11.2. The zero-order valence-electron chi connectivity index (χ0n) is 12.5. The van der Waals surface area contributed by atoms with Crippen LogP contribution < -0.4 is 15.5 Å². The minimum Gasteiger partial charge on any atom is -0.372 e. The van der Waals surface area contributed by atoms with Crippen LogP contribution in [0.2, 0.25) is 0 Å². The lowest BCUT2D eigenvalue weighted by atomic mass is 10.2. The summed E-state index contributed by atoms with van der Waals surface area (Å²) >= 11 is 0. The molecule has 1 aromatic carbocycles. The van der Waals surface area contributed by atoms with E-state index in [1.54, 1.807) is 6.08 Å². The molecular weight excluding hydrogens is 250 g/mol. The molecule has 0 aliphatic heterocycles. The fraction of sp³-hybridized carbons (Fsp3) is 0.438. The zero-order valence-corrected chi connectivity index (χ0v) is 12.5. The highest BCUT2D eigenvalue weighted by Gasteiger charge is 2.04. The van der Waals surface area contributed by atoms with Crippen molar-refractivity contribution in [3.8, 4) is 0 Å². The first-order valence-corrected chi connectivity index (χ1v) is 7.17. The van der Waals surface area contributed by atoms with Gasteiger partial charge in [0.05, 0.1) is 0 Å². The molecule has 1 aromatic rings. The summed E-state index contributed by atoms with van der Waals surface area (Å²) < 4.78 is 0. The van der Waals surface area contributed by atoms with Crippen molar-refractivity contribution in [2.24, 2.45) is 0 Å². The number of amides is 1. The fourth-order valence-corrected chi connectivity index (χ4v) is 1.97. The van der Waals surface area contributed by atoms with Crippen molar-refractivity contribution in [3.63, 3.8) is 0 Å². The third kappa shape index (κ3) is 5.45. The van der Waals surface area contributed by atoms with E-state index in [9.17, 15) is 4.79 Å². The number of hydrogen-bond donors (Lipinski definition) is 2. The normalized spacial score (nSPS) is 10.1. The second-order valence-corrected chi connectivity index (χ2v) is 4.51. The van der Waals surface area contributed by atoms with Crippen LogP contribution in [-0.2, 0) is 4.79 Å². The molecule has 0 radical (unpaired) electrons. The SMILES string of the molecule is C=CCNCCC(=O)Nc1ccc(N(CC)CC)cc1. The summed E-state index contributed by atoms with van der Waals surface area (Å²) in [5.41, 5.74) is 2.02. The molecule has 1 rings (SSSR count). The molecule has 4 nitrogen and oxygen atoms in total. The number of anilines is 2. The van der Waals surface area contributed by atoms with Crippen LogP contribution in [0.4, 0.5) is 11.4 Å². The van der Waals surface area contributed by atoms with Crippen LogP contribution in [0, 0.1) is 0 Å². The van der Waals surface area contributed by atoms with Gasteiger partial charge in [0.15, 0.2) is 0 Å². The third-order valence-corrected chi connectivity index (χ3v) is 3.10. The Kier molecular flexibility index (Phi) is 7.43. The summed E-state index contributed by atoms with van der Waals surface area (Å²) in [7, 11) is 0. The van der Waals surface area contributed by atoms with E-state index < -0.39 is 0 Å². The molecule has 0 atom stereocenters. The lowest BCUT2D eigenvalue weighted by Crippen LogP contribution is -2.22. The van der Waals surface area contributed by atoms with Crippen LogP contribution >= 0.6 is 0 Å². The molecule has 20 heavy (non-hydrogen) atoms. The molecule has 4 heteroatoms. The molecule has 0 aliphatic carbocycles. The van der Waals surface area contributed by atoms with Crippen LogP contribution in [-0.4, -0.2) is 32.1 Å². The Hall–Kier alpha value is -1.81. The van der Waals surface area contributed by atoms with Crippen LogP contribution in [0.15, 0.2) is 36.9 Å². The number of nitrogens with one attached hydrogen (secondary N) is 2. The largest absolute Gasteiger partial charge is 0.372 e. The quantitative estimate of drug-likeness (QED) is 0.538. The maximum atomic E-state index is 11.7. The second-order valence-electron chi connectivity index (χ2n) is 4.51. The minimum atomic E-state index is 0.0251. The molecule has 0 heterocycles. The average molecular weight is 275 g/mol. The van der Waals surface area contributed by atoms with Crippen molar-refractivity contribution in [3.05, 3.63) is 36.9 Å². The van der Waals surface area contributed by atoms with E-state index in [2.05, 4.69) is 36.0 Å². The molecule has 1 amide bonds. The van der Waals surface area contributed by atoms with Crippen LogP contribution in [0.25, 0.3) is 0 Å². The predicted octanol–water partition coefficient (Wildman–Crippen LogP) is 2.64. The summed E-state index contributed by atoms with van der Waals surface area (Å²) in [6.07, 6.45) is 2.25. The highest BCUT2D eigenvalue weighted by Crippen LogP contribution is 2.17. The van der Waals surface area contributed by atoms with Gasteiger partial charge in [-0.2, -0.15) is 0 Å². The molecule has 0 fully saturated rings. The van der Waals surface area contributed by atoms with Gasteiger partial charge in [-0.1, -0.05) is 6.08 Å². The summed E-state index contributed by atoms with van der Waals surface area (Å²) in [6, 6.07) is 7.97. The maximum Gasteiger partial charge on any atom is 0.225 e. The molecule has 2 N–H and O–H groups in total. The lowest BCUT2D eigenvalue weighted by Gasteiger charge is -2.21. The molecule has 0 aromatic heterocycles. The minimum absolute atomic E-state index is 0.0251. The van der Waals surface area contributed by atoms with Gasteiger partial charge in [-0.05, 0) is 38.1 Å². The first-order chi connectivity index (χ1) is 9.71. The van der Waals surface area contributed by atoms with Crippen molar-refractivity contribution in [1.29, 1.82) is 0 Å². The van der Waals surface area contributed by atoms with E-state index in [1.807, 2.05) is 24.3 Å². The van der Waals surface area contributed by atoms with Gasteiger partial charge < -0.3 is 15.5 Å². The first-order valence-electron chi connectivity index (χ1n) is 7.17. The van der Waals surface area contributed by atoms with E-state index in [4.69, 9.17) is 0 Å². The van der Waals surface area contributed by atoms with Crippen LogP contribution in [0.1, 0.15) is 20.3 Å². The molecule has 0 unspecified atom stereocenters. The standard InChI is InChI=1S/C16H25N3O/c1-4-12-17-13-11-16(20)18-14-7-9-15(10-8-14)19(5-2)6-3/h4,7-10,17H,1,5-6,11-13H2,2-3H3,(H,18,20). The van der Waals surface area contributed by atoms with E-state index in [-0.39, 0.29) is 5.91 Å². The van der Waals surface area contributed by atoms with Crippen LogP contribution in [0.5, 0.6) is 0 Å². The van der Waals surface area contributed by atoms with E-state index in [1.165, 1.54) is 5.69 Å². The number of nitrogens with zero attached hydrogens (tertiary/aromatic N) is 1. The molecule has 110 valence electrons. The van der Waals surface area contributed by atoms with Gasteiger partial charge in [-0.3, -0.25) is 4.79 Å². The fourth-order valence-electron chi connectivity index (χ4n) is 1.97. The number of carbonyl (C=O) groups is 1. The zero-order chi connectivity index (χ0) is 14.8. The Morgan fingerprint density at radius 2 is 1.90 bits per heavy atom. The molecule has 0 spiro atoms. The smallest absolute Gasteiger partial charge is 0.225 e. The van der Waals surface area contributed by atoms with Gasteiger partial charge in [0, 0.05) is 44.0 Å². The molecule has 0 saturated heterocycles. The van der Waals surface area contributed by atoms with Crippen molar-refractivity contribution in [2.45, 2.75) is 20.3 Å². The summed E-state index contributed by atoms with van der Waals surface area (Å²) in [5.74, 6) is 0.0251. The number of rotatable bonds is 9. The van der Waals surface area contributed by atoms with Gasteiger partial charge in [-0.25, -0.2) is 0 Å². The molecular formula is C16H25N3O. The molecule has 0 saturated carbocycles. The van der Waals surface area contributed by atoms with Crippen molar-refractivity contribution < 1.29 is 4.79 Å². The van der Waals surface area contributed by atoms with Crippen LogP contribution in [0.3, 0.4) is 0 Å². The van der Waals surface area contributed by atoms with Gasteiger partial charge in [0.25, 0.3) is 0 Å². The van der Waals surface area contributed by atoms with Gasteiger partial charge in [-0.15, -0.1) is 6.58 Å². The lowest BCUT2D eigenvalue weighted by molar-refractivity contribution is -0.116. The van der Waals surface area contributed by atoms with E-state index in [0.29, 0.717) is 13.0 Å². The third-order valence-electron chi connectivity index (χ3n) is 3.10. The number of hydrogen-bond acceptors (Lipinski definition) is 3. The Balaban J connectivity index is 2.44. The van der Waals surface area contributed by atoms with Gasteiger partial charge in [0.1, 0.15) is 0 Å². The highest BCUT2D eigenvalue weighted by molar-refractivity contribution is 5.91. The highest BCUT2D eigenvalue weighted by atomic mass is 16.1. The van der Waals surface area contributed by atoms with Gasteiger partial charge in [0.2, 0.25) is 5.91 Å². The number of carbonyl (C=O) groups excluding carboxylic acids is 1. The predicted molar refractivity (Wildman–Crippen MR) is 86.3 cm³/mol. The van der Waals surface area contributed by atoms with Gasteiger partial charge >= 0.3 is 0 Å². The van der Waals surface area contributed by atoms with Crippen molar-refractivity contribution in [2.75, 3.05) is 36.4 Å². The molecule has 0 bridgehead atoms. The Labute approximate surface area is 121 Å².